The highest BCUT2D eigenvalue weighted by Crippen LogP contribution is 2.25. The van der Waals surface area contributed by atoms with Crippen LogP contribution in [0.3, 0.4) is 0 Å². The molecule has 0 atom stereocenters. The number of nitrogens with zero attached hydrogens (tertiary/aromatic N) is 3. The first-order valence-electron chi connectivity index (χ1n) is 9.94. The van der Waals surface area contributed by atoms with Gasteiger partial charge in [0.05, 0.1) is 12.3 Å². The van der Waals surface area contributed by atoms with Crippen molar-refractivity contribution in [3.8, 4) is 17.0 Å². The van der Waals surface area contributed by atoms with Crippen LogP contribution in [0.25, 0.3) is 11.3 Å². The Hall–Kier alpha value is -3.18. The lowest BCUT2D eigenvalue weighted by Crippen LogP contribution is -2.17. The minimum Gasteiger partial charge on any atom is -0.493 e. The first-order chi connectivity index (χ1) is 14.2. The topological polar surface area (TPSA) is 50.3 Å². The van der Waals surface area contributed by atoms with Crippen LogP contribution >= 0.6 is 0 Å². The Bertz CT molecular complexity index is 1020. The van der Waals surface area contributed by atoms with Crippen molar-refractivity contribution in [1.29, 1.82) is 0 Å². The number of ether oxygens (including phenoxy) is 1. The fourth-order valence-corrected chi connectivity index (χ4v) is 3.39. The van der Waals surface area contributed by atoms with Crippen LogP contribution in [-0.2, 0) is 6.54 Å². The molecule has 0 aliphatic carbocycles. The number of anilines is 2. The summed E-state index contributed by atoms with van der Waals surface area (Å²) in [6.45, 7) is 4.42. The Kier molecular flexibility index (Phi) is 5.86. The van der Waals surface area contributed by atoms with Gasteiger partial charge < -0.3 is 10.1 Å². The van der Waals surface area contributed by atoms with Gasteiger partial charge in [0, 0.05) is 30.0 Å². The summed E-state index contributed by atoms with van der Waals surface area (Å²) in [5.41, 5.74) is 5.04. The number of rotatable bonds is 0. The van der Waals surface area contributed by atoms with Gasteiger partial charge in [0.25, 0.3) is 0 Å². The van der Waals surface area contributed by atoms with Crippen molar-refractivity contribution in [2.24, 2.45) is 0 Å². The molecule has 1 aliphatic heterocycles. The summed E-state index contributed by atoms with van der Waals surface area (Å²) < 4.78 is 5.93. The van der Waals surface area contributed by atoms with Crippen LogP contribution in [0.1, 0.15) is 17.7 Å². The third-order valence-corrected chi connectivity index (χ3v) is 4.76. The molecule has 29 heavy (non-hydrogen) atoms. The standard InChI is InChI=1S/C24H26N4O/c1-18-14-23-20-9-7-11-22(16-20)29-13-5-3-4-12-28(2)17-19-8-6-10-21(15-19)26-24(25-18)27-23/h3-4,6-11,14-16H,5,12-13,17H2,1-2H3,(H,25,26,27). The van der Waals surface area contributed by atoms with Crippen LogP contribution in [0.4, 0.5) is 11.6 Å². The SMILES string of the molecule is Cc1cc2nc(n1)Nc1cccc(c1)CN(C)CC=CCCOc1cccc-2c1. The molecule has 4 rings (SSSR count). The van der Waals surface area contributed by atoms with Gasteiger partial charge in [-0.3, -0.25) is 4.90 Å². The number of hydrogen-bond acceptors (Lipinski definition) is 5. The molecule has 3 aromatic rings. The fourth-order valence-electron chi connectivity index (χ4n) is 3.39. The lowest BCUT2D eigenvalue weighted by atomic mass is 10.1. The van der Waals surface area contributed by atoms with Crippen molar-refractivity contribution in [3.05, 3.63) is 78.0 Å². The van der Waals surface area contributed by atoms with Crippen molar-refractivity contribution in [3.63, 3.8) is 0 Å². The van der Waals surface area contributed by atoms with Gasteiger partial charge in [0.1, 0.15) is 5.75 Å². The van der Waals surface area contributed by atoms with Crippen LogP contribution in [0.5, 0.6) is 5.75 Å². The molecule has 1 N–H and O–H groups in total. The fraction of sp³-hybridized carbons (Fsp3) is 0.250. The number of aryl methyl sites for hydroxylation is 1. The van der Waals surface area contributed by atoms with E-state index in [9.17, 15) is 0 Å². The molecule has 0 radical (unpaired) electrons. The van der Waals surface area contributed by atoms with Crippen LogP contribution in [0.2, 0.25) is 0 Å². The lowest BCUT2D eigenvalue weighted by Gasteiger charge is -2.16. The second-order valence-electron chi connectivity index (χ2n) is 7.38. The zero-order valence-corrected chi connectivity index (χ0v) is 16.9. The average Bonchev–Trinajstić information content (AvgIpc) is 2.70. The van der Waals surface area contributed by atoms with Crippen LogP contribution in [0.15, 0.2) is 66.7 Å². The Morgan fingerprint density at radius 1 is 1.00 bits per heavy atom. The molecule has 5 heteroatoms. The Morgan fingerprint density at radius 3 is 2.83 bits per heavy atom. The predicted molar refractivity (Wildman–Crippen MR) is 118 cm³/mol. The van der Waals surface area contributed by atoms with Gasteiger partial charge in [0.15, 0.2) is 0 Å². The smallest absolute Gasteiger partial charge is 0.227 e. The normalized spacial score (nSPS) is 15.0. The average molecular weight is 386 g/mol. The highest BCUT2D eigenvalue weighted by atomic mass is 16.5. The first-order valence-corrected chi connectivity index (χ1v) is 9.94. The molecule has 0 amide bonds. The van der Waals surface area contributed by atoms with Crippen LogP contribution < -0.4 is 10.1 Å². The molecule has 0 fully saturated rings. The maximum absolute atomic E-state index is 5.93. The summed E-state index contributed by atoms with van der Waals surface area (Å²) in [5, 5.41) is 3.37. The molecule has 2 aromatic carbocycles. The monoisotopic (exact) mass is 386 g/mol. The summed E-state index contributed by atoms with van der Waals surface area (Å²) in [6, 6.07) is 18.5. The molecular weight excluding hydrogens is 360 g/mol. The van der Waals surface area contributed by atoms with E-state index in [1.807, 2.05) is 43.3 Å². The van der Waals surface area contributed by atoms with Gasteiger partial charge in [-0.2, -0.15) is 0 Å². The molecule has 0 saturated carbocycles. The number of likely N-dealkylation sites (N-methyl/N-ethyl adjacent to an activating group) is 1. The van der Waals surface area contributed by atoms with E-state index >= 15 is 0 Å². The van der Waals surface area contributed by atoms with Crippen LogP contribution in [-0.4, -0.2) is 35.1 Å². The molecular formula is C24H26N4O. The van der Waals surface area contributed by atoms with E-state index in [0.717, 1.165) is 47.9 Å². The van der Waals surface area contributed by atoms with Crippen molar-refractivity contribution < 1.29 is 4.74 Å². The summed E-state index contributed by atoms with van der Waals surface area (Å²) in [4.78, 5) is 11.6. The molecule has 1 aliphatic rings. The number of benzene rings is 2. The van der Waals surface area contributed by atoms with E-state index in [0.29, 0.717) is 12.6 Å². The summed E-state index contributed by atoms with van der Waals surface area (Å²) in [7, 11) is 2.13. The Morgan fingerprint density at radius 2 is 1.90 bits per heavy atom. The van der Waals surface area contributed by atoms with Crippen molar-refractivity contribution >= 4 is 11.6 Å². The van der Waals surface area contributed by atoms with E-state index in [1.165, 1.54) is 5.56 Å². The van der Waals surface area contributed by atoms with Gasteiger partial charge in [-0.05, 0) is 56.3 Å². The first kappa shape index (κ1) is 19.2. The van der Waals surface area contributed by atoms with Gasteiger partial charge >= 0.3 is 0 Å². The van der Waals surface area contributed by atoms with E-state index in [-0.39, 0.29) is 0 Å². The summed E-state index contributed by atoms with van der Waals surface area (Å²) >= 11 is 0. The quantitative estimate of drug-likeness (QED) is 0.553. The predicted octanol–water partition coefficient (Wildman–Crippen LogP) is 4.97. The molecule has 1 aromatic heterocycles. The number of aromatic nitrogens is 2. The summed E-state index contributed by atoms with van der Waals surface area (Å²) in [6.07, 6.45) is 5.27. The maximum atomic E-state index is 5.93. The Balaban J connectivity index is 1.71. The van der Waals surface area contributed by atoms with Gasteiger partial charge in [-0.15, -0.1) is 0 Å². The Labute approximate surface area is 172 Å². The van der Waals surface area contributed by atoms with Crippen molar-refractivity contribution in [2.75, 3.05) is 25.5 Å². The second kappa shape index (κ2) is 8.88. The molecule has 0 saturated heterocycles. The highest BCUT2D eigenvalue weighted by Gasteiger charge is 2.08. The van der Waals surface area contributed by atoms with Crippen molar-refractivity contribution in [1.82, 2.24) is 14.9 Å². The molecule has 0 unspecified atom stereocenters. The molecule has 5 nitrogen and oxygen atoms in total. The highest BCUT2D eigenvalue weighted by molar-refractivity contribution is 5.64. The zero-order chi connectivity index (χ0) is 20.1. The zero-order valence-electron chi connectivity index (χ0n) is 16.9. The molecule has 6 bridgehead atoms. The van der Waals surface area contributed by atoms with Crippen molar-refractivity contribution in [2.45, 2.75) is 19.9 Å². The van der Waals surface area contributed by atoms with Gasteiger partial charge in [0.2, 0.25) is 5.95 Å². The molecule has 0 spiro atoms. The van der Waals surface area contributed by atoms with E-state index in [4.69, 9.17) is 9.72 Å². The van der Waals surface area contributed by atoms with Gasteiger partial charge in [-0.1, -0.05) is 36.4 Å². The van der Waals surface area contributed by atoms with Gasteiger partial charge in [-0.25, -0.2) is 9.97 Å². The van der Waals surface area contributed by atoms with E-state index in [1.54, 1.807) is 0 Å². The van der Waals surface area contributed by atoms with Crippen LogP contribution in [0, 0.1) is 6.92 Å². The second-order valence-corrected chi connectivity index (χ2v) is 7.38. The third kappa shape index (κ3) is 5.21. The minimum atomic E-state index is 0.598. The number of nitrogens with one attached hydrogen (secondary N) is 1. The molecule has 2 heterocycles. The number of hydrogen-bond donors (Lipinski definition) is 1. The van der Waals surface area contributed by atoms with E-state index in [2.05, 4.69) is 52.6 Å². The lowest BCUT2D eigenvalue weighted by molar-refractivity contribution is 0.324. The minimum absolute atomic E-state index is 0.598. The largest absolute Gasteiger partial charge is 0.493 e. The third-order valence-electron chi connectivity index (χ3n) is 4.76. The van der Waals surface area contributed by atoms with E-state index < -0.39 is 0 Å². The number of fused-ring (bicyclic) bond motifs is 7. The molecule has 148 valence electrons. The maximum Gasteiger partial charge on any atom is 0.227 e. The summed E-state index contributed by atoms with van der Waals surface area (Å²) in [5.74, 6) is 1.45.